The Kier molecular flexibility index (Phi) is 3.96. The Hall–Kier alpha value is -2.90. The van der Waals surface area contributed by atoms with Gasteiger partial charge >= 0.3 is 6.09 Å². The van der Waals surface area contributed by atoms with Gasteiger partial charge in [0, 0.05) is 18.2 Å². The SMILES string of the molecule is CC(=O)NCC1CN(c2ccc(-c3nc(C)no3)cc2)C(=O)O1. The molecule has 1 N–H and O–H groups in total. The summed E-state index contributed by atoms with van der Waals surface area (Å²) in [5.41, 5.74) is 1.48. The summed E-state index contributed by atoms with van der Waals surface area (Å²) in [5, 5.41) is 6.39. The van der Waals surface area contributed by atoms with Crippen molar-refractivity contribution in [2.45, 2.75) is 20.0 Å². The fourth-order valence-electron chi connectivity index (χ4n) is 2.29. The Morgan fingerprint density at radius 1 is 1.39 bits per heavy atom. The number of rotatable bonds is 4. The predicted molar refractivity (Wildman–Crippen MR) is 80.8 cm³/mol. The first-order chi connectivity index (χ1) is 11.0. The van der Waals surface area contributed by atoms with Crippen LogP contribution < -0.4 is 10.2 Å². The lowest BCUT2D eigenvalue weighted by molar-refractivity contribution is -0.119. The molecule has 0 saturated carbocycles. The van der Waals surface area contributed by atoms with E-state index < -0.39 is 6.09 Å². The van der Waals surface area contributed by atoms with E-state index in [1.807, 2.05) is 0 Å². The van der Waals surface area contributed by atoms with Gasteiger partial charge in [0.15, 0.2) is 5.82 Å². The third-order valence-electron chi connectivity index (χ3n) is 3.41. The number of carbonyl (C=O) groups is 2. The van der Waals surface area contributed by atoms with Crippen LogP contribution in [-0.2, 0) is 9.53 Å². The molecule has 0 bridgehead atoms. The Morgan fingerprint density at radius 3 is 2.74 bits per heavy atom. The topological polar surface area (TPSA) is 97.6 Å². The average molecular weight is 316 g/mol. The van der Waals surface area contributed by atoms with E-state index in [0.717, 1.165) is 5.56 Å². The van der Waals surface area contributed by atoms with Gasteiger partial charge in [-0.1, -0.05) is 5.16 Å². The van der Waals surface area contributed by atoms with E-state index in [0.29, 0.717) is 30.5 Å². The Bertz CT molecular complexity index is 725. The number of aryl methyl sites for hydroxylation is 1. The highest BCUT2D eigenvalue weighted by Crippen LogP contribution is 2.25. The smallest absolute Gasteiger partial charge is 0.414 e. The second kappa shape index (κ2) is 6.07. The van der Waals surface area contributed by atoms with Crippen molar-refractivity contribution < 1.29 is 18.8 Å². The van der Waals surface area contributed by atoms with Crippen LogP contribution in [0.1, 0.15) is 12.7 Å². The van der Waals surface area contributed by atoms with Gasteiger partial charge in [-0.2, -0.15) is 4.98 Å². The average Bonchev–Trinajstić information content (AvgIpc) is 3.11. The number of carbonyl (C=O) groups excluding carboxylic acids is 2. The van der Waals surface area contributed by atoms with E-state index in [1.165, 1.54) is 11.8 Å². The molecule has 2 heterocycles. The van der Waals surface area contributed by atoms with Crippen LogP contribution in [0.2, 0.25) is 0 Å². The summed E-state index contributed by atoms with van der Waals surface area (Å²) in [6, 6.07) is 7.18. The number of nitrogens with one attached hydrogen (secondary N) is 1. The predicted octanol–water partition coefficient (Wildman–Crippen LogP) is 1.51. The molecule has 0 spiro atoms. The van der Waals surface area contributed by atoms with E-state index in [-0.39, 0.29) is 12.0 Å². The van der Waals surface area contributed by atoms with Crippen molar-refractivity contribution in [3.05, 3.63) is 30.1 Å². The van der Waals surface area contributed by atoms with E-state index in [4.69, 9.17) is 9.26 Å². The fraction of sp³-hybridized carbons (Fsp3) is 0.333. The highest BCUT2D eigenvalue weighted by atomic mass is 16.6. The van der Waals surface area contributed by atoms with Crippen LogP contribution >= 0.6 is 0 Å². The molecule has 2 amide bonds. The molecule has 0 radical (unpaired) electrons. The van der Waals surface area contributed by atoms with Crippen molar-refractivity contribution in [1.82, 2.24) is 15.5 Å². The molecule has 120 valence electrons. The second-order valence-corrected chi connectivity index (χ2v) is 5.25. The summed E-state index contributed by atoms with van der Waals surface area (Å²) in [5.74, 6) is 0.841. The molecule has 1 aromatic heterocycles. The van der Waals surface area contributed by atoms with E-state index >= 15 is 0 Å². The number of ether oxygens (including phenoxy) is 1. The van der Waals surface area contributed by atoms with Gasteiger partial charge in [-0.25, -0.2) is 4.79 Å². The summed E-state index contributed by atoms with van der Waals surface area (Å²) in [7, 11) is 0. The van der Waals surface area contributed by atoms with Crippen molar-refractivity contribution in [2.75, 3.05) is 18.0 Å². The molecule has 1 atom stereocenters. The minimum absolute atomic E-state index is 0.154. The van der Waals surface area contributed by atoms with Crippen LogP contribution in [0.15, 0.2) is 28.8 Å². The molecular formula is C15H16N4O4. The first-order valence-corrected chi connectivity index (χ1v) is 7.16. The third-order valence-corrected chi connectivity index (χ3v) is 3.41. The minimum Gasteiger partial charge on any atom is -0.442 e. The summed E-state index contributed by atoms with van der Waals surface area (Å²) >= 11 is 0. The molecule has 1 saturated heterocycles. The maximum atomic E-state index is 11.9. The highest BCUT2D eigenvalue weighted by Gasteiger charge is 2.32. The lowest BCUT2D eigenvalue weighted by Gasteiger charge is -2.13. The monoisotopic (exact) mass is 316 g/mol. The first-order valence-electron chi connectivity index (χ1n) is 7.16. The van der Waals surface area contributed by atoms with Crippen LogP contribution in [0.4, 0.5) is 10.5 Å². The Labute approximate surface area is 132 Å². The standard InChI is InChI=1S/C15H16N4O4/c1-9-17-14(23-18-9)11-3-5-12(6-4-11)19-8-13(22-15(19)21)7-16-10(2)20/h3-6,13H,7-8H2,1-2H3,(H,16,20). The number of hydrogen-bond acceptors (Lipinski definition) is 6. The van der Waals surface area contributed by atoms with Crippen molar-refractivity contribution in [2.24, 2.45) is 0 Å². The lowest BCUT2D eigenvalue weighted by atomic mass is 10.2. The number of aromatic nitrogens is 2. The molecule has 1 fully saturated rings. The number of benzene rings is 1. The van der Waals surface area contributed by atoms with Crippen molar-refractivity contribution in [1.29, 1.82) is 0 Å². The van der Waals surface area contributed by atoms with Gasteiger partial charge in [-0.05, 0) is 31.2 Å². The van der Waals surface area contributed by atoms with Gasteiger partial charge in [-0.15, -0.1) is 0 Å². The number of anilines is 1. The zero-order valence-electron chi connectivity index (χ0n) is 12.8. The maximum absolute atomic E-state index is 11.9. The van der Waals surface area contributed by atoms with Crippen LogP contribution in [0.5, 0.6) is 0 Å². The normalized spacial score (nSPS) is 17.2. The molecule has 1 aliphatic rings. The Balaban J connectivity index is 1.69. The quantitative estimate of drug-likeness (QED) is 0.918. The molecule has 1 aromatic carbocycles. The van der Waals surface area contributed by atoms with Crippen LogP contribution in [0.25, 0.3) is 11.5 Å². The minimum atomic E-state index is -0.429. The van der Waals surface area contributed by atoms with Crippen molar-refractivity contribution >= 4 is 17.7 Å². The van der Waals surface area contributed by atoms with Crippen molar-refractivity contribution in [3.63, 3.8) is 0 Å². The number of nitrogens with zero attached hydrogens (tertiary/aromatic N) is 3. The molecule has 8 nitrogen and oxygen atoms in total. The van der Waals surface area contributed by atoms with Gasteiger partial charge < -0.3 is 14.6 Å². The van der Waals surface area contributed by atoms with Gasteiger partial charge in [0.25, 0.3) is 5.89 Å². The van der Waals surface area contributed by atoms with Gasteiger partial charge in [0.05, 0.1) is 13.1 Å². The largest absolute Gasteiger partial charge is 0.442 e. The zero-order valence-corrected chi connectivity index (χ0v) is 12.8. The molecule has 1 unspecified atom stereocenters. The van der Waals surface area contributed by atoms with Crippen LogP contribution in [0.3, 0.4) is 0 Å². The molecule has 2 aromatic rings. The number of hydrogen-bond donors (Lipinski definition) is 1. The molecular weight excluding hydrogens is 300 g/mol. The van der Waals surface area contributed by atoms with E-state index in [1.54, 1.807) is 31.2 Å². The van der Waals surface area contributed by atoms with Crippen LogP contribution in [0, 0.1) is 6.92 Å². The van der Waals surface area contributed by atoms with Crippen molar-refractivity contribution in [3.8, 4) is 11.5 Å². The molecule has 1 aliphatic heterocycles. The number of amides is 2. The summed E-state index contributed by atoms with van der Waals surface area (Å²) in [6.07, 6.45) is -0.786. The third kappa shape index (κ3) is 3.31. The molecule has 0 aliphatic carbocycles. The van der Waals surface area contributed by atoms with Crippen LogP contribution in [-0.4, -0.2) is 41.3 Å². The first kappa shape index (κ1) is 15.0. The van der Waals surface area contributed by atoms with Gasteiger partial charge in [-0.3, -0.25) is 9.69 Å². The number of cyclic esters (lactones) is 1. The van der Waals surface area contributed by atoms with E-state index in [2.05, 4.69) is 15.5 Å². The molecule has 3 rings (SSSR count). The lowest BCUT2D eigenvalue weighted by Crippen LogP contribution is -2.33. The second-order valence-electron chi connectivity index (χ2n) is 5.25. The highest BCUT2D eigenvalue weighted by molar-refractivity contribution is 5.90. The summed E-state index contributed by atoms with van der Waals surface area (Å²) < 4.78 is 10.3. The Morgan fingerprint density at radius 2 is 2.13 bits per heavy atom. The summed E-state index contributed by atoms with van der Waals surface area (Å²) in [4.78, 5) is 28.5. The molecule has 23 heavy (non-hydrogen) atoms. The van der Waals surface area contributed by atoms with E-state index in [9.17, 15) is 9.59 Å². The summed E-state index contributed by atoms with van der Waals surface area (Å²) in [6.45, 7) is 3.86. The fourth-order valence-corrected chi connectivity index (χ4v) is 2.29. The zero-order chi connectivity index (χ0) is 16.4. The molecule has 8 heteroatoms. The van der Waals surface area contributed by atoms with Gasteiger partial charge in [0.1, 0.15) is 6.10 Å². The maximum Gasteiger partial charge on any atom is 0.414 e. The van der Waals surface area contributed by atoms with Gasteiger partial charge in [0.2, 0.25) is 5.91 Å².